The van der Waals surface area contributed by atoms with Crippen LogP contribution in [0.15, 0.2) is 84.9 Å². The molecule has 1 fully saturated rings. The van der Waals surface area contributed by atoms with Gasteiger partial charge in [0.2, 0.25) is 0 Å². The monoisotopic (exact) mass is 369 g/mol. The molecule has 1 heterocycles. The summed E-state index contributed by atoms with van der Waals surface area (Å²) in [5, 5.41) is 16.8. The molecular weight excluding hydrogens is 346 g/mol. The van der Waals surface area contributed by atoms with E-state index in [1.54, 1.807) is 0 Å². The number of fused-ring (bicyclic) bond motifs is 2. The Bertz CT molecular complexity index is 1060. The van der Waals surface area contributed by atoms with Crippen molar-refractivity contribution >= 4 is 21.5 Å². The van der Waals surface area contributed by atoms with Crippen LogP contribution in [-0.2, 0) is 11.4 Å². The molecule has 0 aliphatic carbocycles. The van der Waals surface area contributed by atoms with Gasteiger partial charge < -0.3 is 5.11 Å². The number of rotatable bonds is 4. The maximum Gasteiger partial charge on any atom is 0.104 e. The van der Waals surface area contributed by atoms with E-state index in [1.165, 1.54) is 32.7 Å². The van der Waals surface area contributed by atoms with Crippen LogP contribution in [0.4, 0.5) is 0 Å². The molecule has 1 saturated heterocycles. The topological polar surface area (TPSA) is 32.7 Å². The Kier molecular flexibility index (Phi) is 4.57. The normalized spacial score (nSPS) is 20.2. The quantitative estimate of drug-likeness (QED) is 0.500. The fraction of sp³-hybridized carbons (Fsp3) is 0.200. The molecule has 2 atom stereocenters. The number of hydrogen-bond donors (Lipinski definition) is 1. The molecule has 1 aliphatic heterocycles. The summed E-state index contributed by atoms with van der Waals surface area (Å²) in [6.45, 7) is 0.726. The van der Waals surface area contributed by atoms with Gasteiger partial charge in [-0.25, -0.2) is 0 Å². The Morgan fingerprint density at radius 2 is 1.43 bits per heavy atom. The summed E-state index contributed by atoms with van der Waals surface area (Å²) in [5.41, 5.74) is 2.50. The molecule has 28 heavy (non-hydrogen) atoms. The van der Waals surface area contributed by atoms with Crippen LogP contribution >= 0.6 is 0 Å². The van der Waals surface area contributed by atoms with E-state index in [1.807, 2.05) is 6.07 Å². The van der Waals surface area contributed by atoms with Crippen LogP contribution in [0.3, 0.4) is 0 Å². The summed E-state index contributed by atoms with van der Waals surface area (Å²) in [7, 11) is 0. The SMILES string of the molecule is OC[C@H]1C[C@H](c2c3ccccc3cc3ccccc23)N(Cc2ccccc2)O1. The maximum atomic E-state index is 9.79. The first kappa shape index (κ1) is 17.4. The number of hydrogen-bond acceptors (Lipinski definition) is 3. The lowest BCUT2D eigenvalue weighted by atomic mass is 9.90. The van der Waals surface area contributed by atoms with E-state index in [0.717, 1.165) is 6.42 Å². The zero-order valence-electron chi connectivity index (χ0n) is 15.7. The second-order valence-corrected chi connectivity index (χ2v) is 7.45. The Morgan fingerprint density at radius 3 is 2.07 bits per heavy atom. The molecule has 1 aliphatic rings. The summed E-state index contributed by atoms with van der Waals surface area (Å²) in [6, 6.07) is 29.8. The van der Waals surface area contributed by atoms with Gasteiger partial charge in [0.25, 0.3) is 0 Å². The first-order chi connectivity index (χ1) is 13.8. The summed E-state index contributed by atoms with van der Waals surface area (Å²) in [4.78, 5) is 6.16. The Balaban J connectivity index is 1.67. The number of hydroxylamine groups is 2. The molecule has 0 saturated carbocycles. The summed E-state index contributed by atoms with van der Waals surface area (Å²) in [6.07, 6.45) is 0.605. The highest BCUT2D eigenvalue weighted by atomic mass is 16.7. The maximum absolute atomic E-state index is 9.79. The third-order valence-corrected chi connectivity index (χ3v) is 5.65. The van der Waals surface area contributed by atoms with Crippen LogP contribution in [-0.4, -0.2) is 22.9 Å². The molecule has 1 N–H and O–H groups in total. The Morgan fingerprint density at radius 1 is 0.821 bits per heavy atom. The third kappa shape index (κ3) is 3.08. The first-order valence-corrected chi connectivity index (χ1v) is 9.82. The van der Waals surface area contributed by atoms with Gasteiger partial charge in [-0.1, -0.05) is 78.9 Å². The lowest BCUT2D eigenvalue weighted by Gasteiger charge is -2.25. The van der Waals surface area contributed by atoms with Gasteiger partial charge >= 0.3 is 0 Å². The van der Waals surface area contributed by atoms with E-state index in [-0.39, 0.29) is 18.8 Å². The van der Waals surface area contributed by atoms with E-state index < -0.39 is 0 Å². The fourth-order valence-corrected chi connectivity index (χ4v) is 4.36. The van der Waals surface area contributed by atoms with Crippen LogP contribution in [0.2, 0.25) is 0 Å². The standard InChI is InChI=1S/C25H23NO2/c27-17-21-15-24(26(28-21)16-18-8-2-1-3-9-18)25-22-12-6-4-10-19(22)14-20-11-5-7-13-23(20)25/h1-14,21,24,27H,15-17H2/t21-,24-/m1/s1. The zero-order chi connectivity index (χ0) is 18.9. The van der Waals surface area contributed by atoms with Crippen LogP contribution in [0.5, 0.6) is 0 Å². The van der Waals surface area contributed by atoms with Crippen molar-refractivity contribution < 1.29 is 9.94 Å². The first-order valence-electron chi connectivity index (χ1n) is 9.82. The highest BCUT2D eigenvalue weighted by molar-refractivity contribution is 6.02. The number of aliphatic hydroxyl groups is 1. The van der Waals surface area contributed by atoms with E-state index in [2.05, 4.69) is 83.9 Å². The van der Waals surface area contributed by atoms with E-state index in [0.29, 0.717) is 6.54 Å². The molecule has 5 rings (SSSR count). The lowest BCUT2D eigenvalue weighted by Crippen LogP contribution is -2.23. The molecule has 0 spiro atoms. The molecule has 3 heteroatoms. The molecule has 0 unspecified atom stereocenters. The minimum Gasteiger partial charge on any atom is -0.394 e. The fourth-order valence-electron chi connectivity index (χ4n) is 4.36. The highest BCUT2D eigenvalue weighted by Gasteiger charge is 2.36. The third-order valence-electron chi connectivity index (χ3n) is 5.65. The summed E-state index contributed by atoms with van der Waals surface area (Å²) in [5.74, 6) is 0. The van der Waals surface area contributed by atoms with Crippen molar-refractivity contribution in [1.82, 2.24) is 5.06 Å². The van der Waals surface area contributed by atoms with Gasteiger partial charge in [0, 0.05) is 6.54 Å². The van der Waals surface area contributed by atoms with Crippen molar-refractivity contribution in [3.8, 4) is 0 Å². The van der Waals surface area contributed by atoms with Crippen molar-refractivity contribution in [2.24, 2.45) is 0 Å². The van der Waals surface area contributed by atoms with Crippen molar-refractivity contribution in [1.29, 1.82) is 0 Å². The molecule has 0 amide bonds. The van der Waals surface area contributed by atoms with Crippen molar-refractivity contribution in [2.45, 2.75) is 25.1 Å². The van der Waals surface area contributed by atoms with Crippen LogP contribution in [0.25, 0.3) is 21.5 Å². The predicted octanol–water partition coefficient (Wildman–Crippen LogP) is 5.23. The zero-order valence-corrected chi connectivity index (χ0v) is 15.7. The lowest BCUT2D eigenvalue weighted by molar-refractivity contribution is -0.177. The van der Waals surface area contributed by atoms with E-state index in [4.69, 9.17) is 4.84 Å². The van der Waals surface area contributed by atoms with Crippen LogP contribution in [0, 0.1) is 0 Å². The second-order valence-electron chi connectivity index (χ2n) is 7.45. The van der Waals surface area contributed by atoms with Gasteiger partial charge in [0.05, 0.1) is 12.6 Å². The van der Waals surface area contributed by atoms with Gasteiger partial charge in [-0.05, 0) is 45.2 Å². The molecule has 140 valence electrons. The van der Waals surface area contributed by atoms with E-state index >= 15 is 0 Å². The number of aliphatic hydroxyl groups excluding tert-OH is 1. The molecular formula is C25H23NO2. The molecule has 0 bridgehead atoms. The van der Waals surface area contributed by atoms with Gasteiger partial charge in [0.1, 0.15) is 6.10 Å². The van der Waals surface area contributed by atoms with Crippen molar-refractivity contribution in [2.75, 3.05) is 6.61 Å². The number of nitrogens with zero attached hydrogens (tertiary/aromatic N) is 1. The Labute approximate surface area is 164 Å². The molecule has 0 aromatic heterocycles. The van der Waals surface area contributed by atoms with Gasteiger partial charge in [-0.3, -0.25) is 4.84 Å². The molecule has 4 aromatic carbocycles. The van der Waals surface area contributed by atoms with Gasteiger partial charge in [-0.15, -0.1) is 0 Å². The van der Waals surface area contributed by atoms with Crippen LogP contribution in [0.1, 0.15) is 23.6 Å². The van der Waals surface area contributed by atoms with Gasteiger partial charge in [-0.2, -0.15) is 5.06 Å². The Hall–Kier alpha value is -2.72. The molecule has 3 nitrogen and oxygen atoms in total. The summed E-state index contributed by atoms with van der Waals surface area (Å²) >= 11 is 0. The van der Waals surface area contributed by atoms with Crippen molar-refractivity contribution in [3.05, 3.63) is 96.1 Å². The highest BCUT2D eigenvalue weighted by Crippen LogP contribution is 2.42. The minimum atomic E-state index is -0.175. The second kappa shape index (κ2) is 7.36. The minimum absolute atomic E-state index is 0.0322. The molecule has 4 aromatic rings. The predicted molar refractivity (Wildman–Crippen MR) is 113 cm³/mol. The molecule has 0 radical (unpaired) electrons. The number of benzene rings is 4. The van der Waals surface area contributed by atoms with E-state index in [9.17, 15) is 5.11 Å². The largest absolute Gasteiger partial charge is 0.394 e. The summed E-state index contributed by atoms with van der Waals surface area (Å²) < 4.78 is 0. The average Bonchev–Trinajstić information content (AvgIpc) is 3.15. The van der Waals surface area contributed by atoms with Crippen molar-refractivity contribution in [3.63, 3.8) is 0 Å². The average molecular weight is 369 g/mol. The smallest absolute Gasteiger partial charge is 0.104 e. The van der Waals surface area contributed by atoms with Crippen LogP contribution < -0.4 is 0 Å². The van der Waals surface area contributed by atoms with Gasteiger partial charge in [0.15, 0.2) is 0 Å².